The van der Waals surface area contributed by atoms with E-state index in [1.165, 1.54) is 12.4 Å². The zero-order valence-corrected chi connectivity index (χ0v) is 18.1. The van der Waals surface area contributed by atoms with Crippen LogP contribution < -0.4 is 15.2 Å². The fourth-order valence-corrected chi connectivity index (χ4v) is 2.00. The zero-order chi connectivity index (χ0) is 22.9. The van der Waals surface area contributed by atoms with E-state index in [0.717, 1.165) is 5.56 Å². The number of nitrogens with zero attached hydrogens (tertiary/aromatic N) is 5. The molecule has 3 heterocycles. The molecule has 8 nitrogen and oxygen atoms in total. The fourth-order valence-electron chi connectivity index (χ4n) is 1.89. The van der Waals surface area contributed by atoms with Gasteiger partial charge < -0.3 is 15.2 Å². The summed E-state index contributed by atoms with van der Waals surface area (Å²) < 4.78 is 10.2. The first-order valence-corrected chi connectivity index (χ1v) is 9.72. The minimum absolute atomic E-state index is 0.411. The Kier molecular flexibility index (Phi) is 12.4. The van der Waals surface area contributed by atoms with Gasteiger partial charge in [-0.05, 0) is 37.6 Å². The summed E-state index contributed by atoms with van der Waals surface area (Å²) in [6, 6.07) is 14.2. The molecular formula is C22H23ClN6O2. The van der Waals surface area contributed by atoms with Gasteiger partial charge in [0, 0.05) is 37.3 Å². The molecule has 0 saturated heterocycles. The summed E-state index contributed by atoms with van der Waals surface area (Å²) in [4.78, 5) is 11.6. The molecule has 0 atom stereocenters. The first-order chi connectivity index (χ1) is 15.1. The predicted octanol–water partition coefficient (Wildman–Crippen LogP) is 3.90. The van der Waals surface area contributed by atoms with Crippen LogP contribution in [0.2, 0.25) is 5.15 Å². The number of hydrogen-bond donors (Lipinski definition) is 1. The highest BCUT2D eigenvalue weighted by Gasteiger charge is 1.93. The lowest BCUT2D eigenvalue weighted by Crippen LogP contribution is -1.98. The van der Waals surface area contributed by atoms with Crippen molar-refractivity contribution in [3.8, 4) is 23.9 Å². The second-order valence-electron chi connectivity index (χ2n) is 5.55. The van der Waals surface area contributed by atoms with Gasteiger partial charge in [0.25, 0.3) is 0 Å². The Morgan fingerprint density at radius 3 is 1.68 bits per heavy atom. The molecule has 0 fully saturated rings. The number of pyridine rings is 3. The highest BCUT2D eigenvalue weighted by Crippen LogP contribution is 2.07. The zero-order valence-electron chi connectivity index (χ0n) is 17.3. The highest BCUT2D eigenvalue weighted by molar-refractivity contribution is 6.29. The summed E-state index contributed by atoms with van der Waals surface area (Å²) >= 11 is 5.45. The Morgan fingerprint density at radius 2 is 1.32 bits per heavy atom. The first-order valence-electron chi connectivity index (χ1n) is 9.34. The summed E-state index contributed by atoms with van der Waals surface area (Å²) in [5.74, 6) is 1.22. The largest absolute Gasteiger partial charge is 0.478 e. The molecular weight excluding hydrogens is 416 g/mol. The molecule has 31 heavy (non-hydrogen) atoms. The fraction of sp³-hybridized carbons (Fsp3) is 0.227. The topological polar surface area (TPSA) is 131 Å². The van der Waals surface area contributed by atoms with E-state index in [1.54, 1.807) is 30.5 Å². The van der Waals surface area contributed by atoms with Gasteiger partial charge in [-0.1, -0.05) is 17.7 Å². The molecule has 0 unspecified atom stereocenters. The molecule has 0 aromatic carbocycles. The lowest BCUT2D eigenvalue weighted by atomic mass is 10.3. The van der Waals surface area contributed by atoms with E-state index in [2.05, 4.69) is 15.0 Å². The van der Waals surface area contributed by atoms with Gasteiger partial charge in [0.15, 0.2) is 0 Å². The molecule has 2 N–H and O–H groups in total. The molecule has 0 aliphatic heterocycles. The van der Waals surface area contributed by atoms with Crippen LogP contribution in [0.5, 0.6) is 11.8 Å². The van der Waals surface area contributed by atoms with Crippen molar-refractivity contribution >= 4 is 11.6 Å². The van der Waals surface area contributed by atoms with Gasteiger partial charge in [0.2, 0.25) is 11.8 Å². The van der Waals surface area contributed by atoms with Crippen LogP contribution >= 0.6 is 11.6 Å². The van der Waals surface area contributed by atoms with Gasteiger partial charge in [-0.2, -0.15) is 10.5 Å². The van der Waals surface area contributed by atoms with Crippen LogP contribution in [0.1, 0.15) is 30.5 Å². The van der Waals surface area contributed by atoms with Gasteiger partial charge in [0.05, 0.1) is 24.3 Å². The Bertz CT molecular complexity index is 965. The van der Waals surface area contributed by atoms with Crippen molar-refractivity contribution in [2.45, 2.75) is 20.4 Å². The van der Waals surface area contributed by atoms with E-state index in [4.69, 9.17) is 37.3 Å². The van der Waals surface area contributed by atoms with Crippen molar-refractivity contribution in [2.24, 2.45) is 5.73 Å². The third kappa shape index (κ3) is 10.6. The second-order valence-corrected chi connectivity index (χ2v) is 5.94. The van der Waals surface area contributed by atoms with Crippen molar-refractivity contribution in [3.05, 3.63) is 76.8 Å². The van der Waals surface area contributed by atoms with Crippen molar-refractivity contribution < 1.29 is 9.47 Å². The number of nitrogens with two attached hydrogens (primary N) is 1. The number of hydrogen-bond acceptors (Lipinski definition) is 8. The molecule has 3 aromatic heterocycles. The van der Waals surface area contributed by atoms with Gasteiger partial charge in [-0.25, -0.2) is 15.0 Å². The molecule has 3 rings (SSSR count). The first kappa shape index (κ1) is 25.3. The third-order valence-corrected chi connectivity index (χ3v) is 3.56. The quantitative estimate of drug-likeness (QED) is 0.593. The van der Waals surface area contributed by atoms with Crippen molar-refractivity contribution in [1.82, 2.24) is 15.0 Å². The van der Waals surface area contributed by atoms with E-state index in [9.17, 15) is 0 Å². The SMILES string of the molecule is CCOc1ccc(C#N)cn1.CCOc1ccc(CN)cn1.N#Cc1ccc(Cl)nc1. The average molecular weight is 439 g/mol. The summed E-state index contributed by atoms with van der Waals surface area (Å²) in [7, 11) is 0. The molecule has 160 valence electrons. The Labute approximate surface area is 186 Å². The third-order valence-electron chi connectivity index (χ3n) is 3.34. The predicted molar refractivity (Wildman–Crippen MR) is 117 cm³/mol. The van der Waals surface area contributed by atoms with E-state index in [0.29, 0.717) is 47.8 Å². The van der Waals surface area contributed by atoms with Crippen LogP contribution in [0, 0.1) is 22.7 Å². The maximum absolute atomic E-state index is 8.43. The van der Waals surface area contributed by atoms with Crippen molar-refractivity contribution in [2.75, 3.05) is 13.2 Å². The number of ether oxygens (including phenoxy) is 2. The Hall–Kier alpha value is -3.72. The summed E-state index contributed by atoms with van der Waals surface area (Å²) in [5, 5.41) is 17.1. The average Bonchev–Trinajstić information content (AvgIpc) is 2.82. The van der Waals surface area contributed by atoms with Crippen LogP contribution in [-0.2, 0) is 6.54 Å². The summed E-state index contributed by atoms with van der Waals surface area (Å²) in [6.07, 6.45) is 4.65. The van der Waals surface area contributed by atoms with Gasteiger partial charge in [0.1, 0.15) is 17.3 Å². The van der Waals surface area contributed by atoms with Crippen LogP contribution in [0.4, 0.5) is 0 Å². The van der Waals surface area contributed by atoms with E-state index in [-0.39, 0.29) is 0 Å². The number of halogens is 1. The van der Waals surface area contributed by atoms with E-state index in [1.807, 2.05) is 38.1 Å². The minimum Gasteiger partial charge on any atom is -0.478 e. The number of aromatic nitrogens is 3. The number of rotatable bonds is 5. The van der Waals surface area contributed by atoms with E-state index >= 15 is 0 Å². The molecule has 0 bridgehead atoms. The van der Waals surface area contributed by atoms with Crippen LogP contribution in [0.25, 0.3) is 0 Å². The smallest absolute Gasteiger partial charge is 0.213 e. The maximum atomic E-state index is 8.43. The monoisotopic (exact) mass is 438 g/mol. The van der Waals surface area contributed by atoms with Crippen LogP contribution in [0.15, 0.2) is 55.0 Å². The normalized spacial score (nSPS) is 8.97. The molecule has 3 aromatic rings. The van der Waals surface area contributed by atoms with Crippen molar-refractivity contribution in [3.63, 3.8) is 0 Å². The summed E-state index contributed by atoms with van der Waals surface area (Å²) in [6.45, 7) is 5.59. The van der Waals surface area contributed by atoms with E-state index < -0.39 is 0 Å². The lowest BCUT2D eigenvalue weighted by Gasteiger charge is -2.01. The Balaban J connectivity index is 0.000000234. The van der Waals surface area contributed by atoms with Crippen molar-refractivity contribution in [1.29, 1.82) is 10.5 Å². The molecule has 0 spiro atoms. The van der Waals surface area contributed by atoms with Gasteiger partial charge >= 0.3 is 0 Å². The Morgan fingerprint density at radius 1 is 0.806 bits per heavy atom. The lowest BCUT2D eigenvalue weighted by molar-refractivity contribution is 0.326. The minimum atomic E-state index is 0.411. The molecule has 0 amide bonds. The molecule has 0 saturated carbocycles. The highest BCUT2D eigenvalue weighted by atomic mass is 35.5. The maximum Gasteiger partial charge on any atom is 0.213 e. The second kappa shape index (κ2) is 15.2. The van der Waals surface area contributed by atoms with Crippen LogP contribution in [0.3, 0.4) is 0 Å². The molecule has 9 heteroatoms. The summed E-state index contributed by atoms with van der Waals surface area (Å²) in [5.41, 5.74) is 7.49. The molecule has 0 aliphatic carbocycles. The standard InChI is InChI=1S/C8H12N2O.C8H8N2O.C6H3ClN2/c2*1-2-11-8-4-3-7(5-9)6-10-8;7-6-2-1-5(3-8)4-9-6/h3-4,6H,2,5,9H2,1H3;3-4,6H,2H2,1H3;1-2,4H. The van der Waals surface area contributed by atoms with Crippen LogP contribution in [-0.4, -0.2) is 28.2 Å². The molecule has 0 radical (unpaired) electrons. The van der Waals surface area contributed by atoms with Gasteiger partial charge in [-0.3, -0.25) is 0 Å². The van der Waals surface area contributed by atoms with Gasteiger partial charge in [-0.15, -0.1) is 0 Å². The molecule has 0 aliphatic rings. The number of nitriles is 2.